The van der Waals surface area contributed by atoms with E-state index < -0.39 is 42.4 Å². The number of ether oxygens (including phenoxy) is 5. The van der Waals surface area contributed by atoms with Crippen LogP contribution in [0.4, 0.5) is 0 Å². The van der Waals surface area contributed by atoms with Gasteiger partial charge in [-0.15, -0.1) is 0 Å². The molecule has 0 spiro atoms. The van der Waals surface area contributed by atoms with Gasteiger partial charge in [-0.1, -0.05) is 18.2 Å². The molecule has 1 fully saturated rings. The number of benzene rings is 1. The third kappa shape index (κ3) is 6.22. The third-order valence-corrected chi connectivity index (χ3v) is 4.42. The Balaban J connectivity index is 2.14. The highest BCUT2D eigenvalue weighted by Gasteiger charge is 2.51. The number of aliphatic hydroxyl groups excluding tert-OH is 1. The Morgan fingerprint density at radius 2 is 1.72 bits per heavy atom. The monoisotopic (exact) mass is 411 g/mol. The van der Waals surface area contributed by atoms with Gasteiger partial charge in [-0.05, 0) is 26.0 Å². The van der Waals surface area contributed by atoms with Crippen LogP contribution < -0.4 is 5.32 Å². The molecule has 0 unspecified atom stereocenters. The van der Waals surface area contributed by atoms with E-state index in [0.29, 0.717) is 5.56 Å². The van der Waals surface area contributed by atoms with E-state index in [0.717, 1.165) is 0 Å². The molecule has 1 aromatic rings. The van der Waals surface area contributed by atoms with E-state index in [2.05, 4.69) is 5.32 Å². The maximum atomic E-state index is 12.2. The lowest BCUT2D eigenvalue weighted by molar-refractivity contribution is -0.176. The van der Waals surface area contributed by atoms with Crippen molar-refractivity contribution >= 4 is 11.9 Å². The number of methoxy groups -OCH3 is 2. The van der Waals surface area contributed by atoms with Gasteiger partial charge in [0.05, 0.1) is 5.56 Å². The fourth-order valence-corrected chi connectivity index (χ4v) is 3.24. The predicted octanol–water partition coefficient (Wildman–Crippen LogP) is 0.848. The molecule has 2 rings (SSSR count). The minimum Gasteiger partial charge on any atom is -0.459 e. The zero-order chi connectivity index (χ0) is 21.6. The number of hydrogen-bond donors (Lipinski definition) is 2. The second kappa shape index (κ2) is 10.1. The van der Waals surface area contributed by atoms with E-state index in [-0.39, 0.29) is 12.5 Å². The summed E-state index contributed by atoms with van der Waals surface area (Å²) in [6.45, 7) is 4.40. The Labute approximate surface area is 170 Å². The Kier molecular flexibility index (Phi) is 8.12. The summed E-state index contributed by atoms with van der Waals surface area (Å²) in [7, 11) is 2.86. The van der Waals surface area contributed by atoms with Gasteiger partial charge in [0.15, 0.2) is 12.1 Å². The fraction of sp³-hybridized carbons (Fsp3) is 0.600. The molecule has 1 amide bonds. The number of aliphatic hydroxyl groups is 1. The SMILES string of the molecule is COC(OC)[C@H](NC(C)=O)[C@H]1OC(C)(C)O[C@@H]1[C@H](O)COC(=O)c1ccccc1. The van der Waals surface area contributed by atoms with Crippen molar-refractivity contribution in [2.24, 2.45) is 0 Å². The number of nitrogens with one attached hydrogen (secondary N) is 1. The lowest BCUT2D eigenvalue weighted by atomic mass is 10.0. The molecule has 4 atom stereocenters. The first-order valence-electron chi connectivity index (χ1n) is 9.27. The molecule has 9 heteroatoms. The van der Waals surface area contributed by atoms with Crippen molar-refractivity contribution in [2.45, 2.75) is 57.2 Å². The molecule has 0 bridgehead atoms. The van der Waals surface area contributed by atoms with Gasteiger partial charge in [0, 0.05) is 21.1 Å². The minimum absolute atomic E-state index is 0.314. The molecule has 29 heavy (non-hydrogen) atoms. The van der Waals surface area contributed by atoms with Crippen LogP contribution in [0, 0.1) is 0 Å². The van der Waals surface area contributed by atoms with E-state index in [4.69, 9.17) is 23.7 Å². The van der Waals surface area contributed by atoms with Crippen molar-refractivity contribution in [2.75, 3.05) is 20.8 Å². The summed E-state index contributed by atoms with van der Waals surface area (Å²) in [6, 6.07) is 7.68. The zero-order valence-electron chi connectivity index (χ0n) is 17.3. The van der Waals surface area contributed by atoms with Crippen LogP contribution in [0.15, 0.2) is 30.3 Å². The van der Waals surface area contributed by atoms with Gasteiger partial charge in [-0.25, -0.2) is 4.79 Å². The van der Waals surface area contributed by atoms with Crippen molar-refractivity contribution in [1.29, 1.82) is 0 Å². The van der Waals surface area contributed by atoms with E-state index >= 15 is 0 Å². The molecule has 2 N–H and O–H groups in total. The largest absolute Gasteiger partial charge is 0.459 e. The van der Waals surface area contributed by atoms with Crippen LogP contribution in [0.25, 0.3) is 0 Å². The molecule has 1 aromatic carbocycles. The van der Waals surface area contributed by atoms with Crippen LogP contribution in [0.5, 0.6) is 0 Å². The number of carbonyl (C=O) groups excluding carboxylic acids is 2. The van der Waals surface area contributed by atoms with Crippen LogP contribution in [0.3, 0.4) is 0 Å². The Morgan fingerprint density at radius 1 is 1.14 bits per heavy atom. The Bertz CT molecular complexity index is 676. The van der Waals surface area contributed by atoms with Crippen LogP contribution in [0.1, 0.15) is 31.1 Å². The zero-order valence-corrected chi connectivity index (χ0v) is 17.3. The third-order valence-electron chi connectivity index (χ3n) is 4.42. The lowest BCUT2D eigenvalue weighted by Crippen LogP contribution is -2.57. The average molecular weight is 411 g/mol. The van der Waals surface area contributed by atoms with Crippen molar-refractivity contribution in [1.82, 2.24) is 5.32 Å². The topological polar surface area (TPSA) is 113 Å². The Hall–Kier alpha value is -2.04. The highest BCUT2D eigenvalue weighted by molar-refractivity contribution is 5.89. The molecule has 0 aromatic heterocycles. The molecule has 1 heterocycles. The average Bonchev–Trinajstić information content (AvgIpc) is 3.01. The second-order valence-electron chi connectivity index (χ2n) is 7.16. The number of carbonyl (C=O) groups is 2. The maximum Gasteiger partial charge on any atom is 0.338 e. The maximum absolute atomic E-state index is 12.2. The highest BCUT2D eigenvalue weighted by Crippen LogP contribution is 2.33. The normalized spacial score (nSPS) is 22.9. The molecule has 0 aliphatic carbocycles. The van der Waals surface area contributed by atoms with Crippen molar-refractivity contribution in [3.8, 4) is 0 Å². The summed E-state index contributed by atoms with van der Waals surface area (Å²) in [4.78, 5) is 23.9. The van der Waals surface area contributed by atoms with Crippen LogP contribution in [0.2, 0.25) is 0 Å². The van der Waals surface area contributed by atoms with Crippen LogP contribution in [-0.2, 0) is 28.5 Å². The first-order valence-corrected chi connectivity index (χ1v) is 9.27. The number of amides is 1. The van der Waals surface area contributed by atoms with E-state index in [1.807, 2.05) is 0 Å². The molecule has 0 saturated carbocycles. The molecular weight excluding hydrogens is 382 g/mol. The Morgan fingerprint density at radius 3 is 2.28 bits per heavy atom. The van der Waals surface area contributed by atoms with E-state index in [1.165, 1.54) is 21.1 Å². The number of esters is 1. The molecule has 162 valence electrons. The highest BCUT2D eigenvalue weighted by atomic mass is 16.8. The van der Waals surface area contributed by atoms with Gasteiger partial charge < -0.3 is 34.1 Å². The van der Waals surface area contributed by atoms with Crippen LogP contribution in [-0.4, -0.2) is 74.2 Å². The van der Waals surface area contributed by atoms with Gasteiger partial charge in [-0.3, -0.25) is 4.79 Å². The van der Waals surface area contributed by atoms with Crippen molar-refractivity contribution in [3.63, 3.8) is 0 Å². The van der Waals surface area contributed by atoms with E-state index in [9.17, 15) is 14.7 Å². The first-order chi connectivity index (χ1) is 13.7. The smallest absolute Gasteiger partial charge is 0.338 e. The van der Waals surface area contributed by atoms with Gasteiger partial charge >= 0.3 is 5.97 Å². The summed E-state index contributed by atoms with van der Waals surface area (Å²) in [5, 5.41) is 13.4. The summed E-state index contributed by atoms with van der Waals surface area (Å²) in [5.74, 6) is -1.93. The first kappa shape index (κ1) is 23.2. The van der Waals surface area contributed by atoms with Gasteiger partial charge in [0.25, 0.3) is 0 Å². The number of hydrogen-bond acceptors (Lipinski definition) is 8. The van der Waals surface area contributed by atoms with Gasteiger partial charge in [-0.2, -0.15) is 0 Å². The molecule has 0 radical (unpaired) electrons. The quantitative estimate of drug-likeness (QED) is 0.454. The molecule has 1 saturated heterocycles. The number of rotatable bonds is 9. The standard InChI is InChI=1S/C20H29NO8/c1-12(22)21-15(19(25-4)26-5)17-16(28-20(2,3)29-17)14(23)11-27-18(24)13-9-7-6-8-10-13/h6-10,14-17,19,23H,11H2,1-5H3,(H,21,22)/t14-,15-,16-,17-/m1/s1. The second-order valence-corrected chi connectivity index (χ2v) is 7.16. The fourth-order valence-electron chi connectivity index (χ4n) is 3.24. The van der Waals surface area contributed by atoms with Crippen LogP contribution >= 0.6 is 0 Å². The van der Waals surface area contributed by atoms with Crippen molar-refractivity contribution in [3.05, 3.63) is 35.9 Å². The van der Waals surface area contributed by atoms with Gasteiger partial charge in [0.2, 0.25) is 5.91 Å². The van der Waals surface area contributed by atoms with E-state index in [1.54, 1.807) is 44.2 Å². The molecular formula is C20H29NO8. The summed E-state index contributed by atoms with van der Waals surface area (Å²) < 4.78 is 27.6. The van der Waals surface area contributed by atoms with Gasteiger partial charge in [0.1, 0.15) is 31.0 Å². The molecule has 1 aliphatic rings. The van der Waals surface area contributed by atoms with Crippen molar-refractivity contribution < 1.29 is 38.4 Å². The summed E-state index contributed by atoms with van der Waals surface area (Å²) in [6.07, 6.45) is -3.77. The molecule has 1 aliphatic heterocycles. The predicted molar refractivity (Wildman–Crippen MR) is 102 cm³/mol. The summed E-state index contributed by atoms with van der Waals surface area (Å²) in [5.41, 5.74) is 0.370. The lowest BCUT2D eigenvalue weighted by Gasteiger charge is -2.33. The minimum atomic E-state index is -1.21. The summed E-state index contributed by atoms with van der Waals surface area (Å²) >= 11 is 0. The molecule has 9 nitrogen and oxygen atoms in total.